The summed E-state index contributed by atoms with van der Waals surface area (Å²) in [5.74, 6) is -1.01. The zero-order valence-electron chi connectivity index (χ0n) is 25.8. The van der Waals surface area contributed by atoms with Crippen LogP contribution in [0.15, 0.2) is 42.5 Å². The fourth-order valence-electron chi connectivity index (χ4n) is 4.89. The van der Waals surface area contributed by atoms with E-state index < -0.39 is 29.6 Å². The lowest BCUT2D eigenvalue weighted by molar-refractivity contribution is -0.155. The number of nitrogens with one attached hydrogen (secondary N) is 1. The van der Waals surface area contributed by atoms with Crippen molar-refractivity contribution in [2.24, 2.45) is 0 Å². The minimum Gasteiger partial charge on any atom is -0.460 e. The number of ether oxygens (including phenoxy) is 3. The fourth-order valence-corrected chi connectivity index (χ4v) is 4.89. The van der Waals surface area contributed by atoms with Gasteiger partial charge in [0.15, 0.2) is 5.82 Å². The second-order valence-corrected chi connectivity index (χ2v) is 11.5. The molecule has 2 aliphatic rings. The molecule has 3 heterocycles. The molecule has 1 aromatic carbocycles. The van der Waals surface area contributed by atoms with Gasteiger partial charge in [0.1, 0.15) is 17.3 Å². The van der Waals surface area contributed by atoms with Gasteiger partial charge in [-0.1, -0.05) is 36.4 Å². The molecule has 2 aliphatic heterocycles. The van der Waals surface area contributed by atoms with E-state index in [1.165, 1.54) is 0 Å². The molecule has 0 aliphatic carbocycles. The number of esters is 1. The Labute approximate surface area is 257 Å². The van der Waals surface area contributed by atoms with Gasteiger partial charge in [-0.25, -0.2) is 14.8 Å². The predicted molar refractivity (Wildman–Crippen MR) is 162 cm³/mol. The van der Waals surface area contributed by atoms with Crippen LogP contribution in [0.1, 0.15) is 63.1 Å². The molecule has 0 saturated carbocycles. The van der Waals surface area contributed by atoms with Crippen LogP contribution in [0.4, 0.5) is 4.79 Å². The van der Waals surface area contributed by atoms with Crippen LogP contribution in [-0.2, 0) is 23.8 Å². The van der Waals surface area contributed by atoms with Crippen LogP contribution in [-0.4, -0.2) is 101 Å². The third kappa shape index (κ3) is 9.09. The first-order chi connectivity index (χ1) is 21.0. The summed E-state index contributed by atoms with van der Waals surface area (Å²) in [5, 5.41) is 2.83. The van der Waals surface area contributed by atoms with Crippen molar-refractivity contribution in [1.82, 2.24) is 25.1 Å². The van der Waals surface area contributed by atoms with Crippen molar-refractivity contribution in [3.8, 4) is 11.4 Å². The number of piperazine rings is 1. The highest BCUT2D eigenvalue weighted by molar-refractivity contribution is 5.97. The third-order valence-corrected chi connectivity index (χ3v) is 7.06. The van der Waals surface area contributed by atoms with Crippen LogP contribution in [0.25, 0.3) is 17.0 Å². The van der Waals surface area contributed by atoms with Crippen LogP contribution in [0.5, 0.6) is 0 Å². The molecular formula is C32H41N5O7. The maximum atomic E-state index is 13.7. The number of hydrogen-bond acceptors (Lipinski definition) is 9. The lowest BCUT2D eigenvalue weighted by Gasteiger charge is -2.36. The molecule has 1 fully saturated rings. The SMILES string of the molecule is CCOC(=O)N1CCN(C(=O)[C@H](CCC(=O)OC(C)(C)C)NC(=O)c2cc(C3=CCOCC3)nc(-c3ccccc3)n2)CC1. The van der Waals surface area contributed by atoms with Crippen molar-refractivity contribution in [2.75, 3.05) is 46.0 Å². The molecule has 0 unspecified atom stereocenters. The number of carbonyl (C=O) groups excluding carboxylic acids is 4. The molecule has 12 nitrogen and oxygen atoms in total. The first-order valence-electron chi connectivity index (χ1n) is 15.0. The van der Waals surface area contributed by atoms with Gasteiger partial charge in [0, 0.05) is 38.2 Å². The summed E-state index contributed by atoms with van der Waals surface area (Å²) >= 11 is 0. The van der Waals surface area contributed by atoms with E-state index in [1.54, 1.807) is 43.6 Å². The molecule has 44 heavy (non-hydrogen) atoms. The molecule has 236 valence electrons. The van der Waals surface area contributed by atoms with Crippen LogP contribution in [0.3, 0.4) is 0 Å². The molecule has 3 amide bonds. The number of carbonyl (C=O) groups is 4. The Hall–Kier alpha value is -4.32. The van der Waals surface area contributed by atoms with E-state index in [9.17, 15) is 19.2 Å². The normalized spacial score (nSPS) is 16.0. The standard InChI is InChI=1S/C32H41N5O7/c1-5-43-31(41)37-17-15-36(16-18-37)30(40)24(11-12-27(38)44-32(2,3)4)35-29(39)26-21-25(22-13-19-42-20-14-22)33-28(34-26)23-9-7-6-8-10-23/h6-10,13,21,24H,5,11-12,14-20H2,1-4H3,(H,35,39)/t24-/m0/s1. The van der Waals surface area contributed by atoms with Crippen LogP contribution in [0.2, 0.25) is 0 Å². The van der Waals surface area contributed by atoms with Gasteiger partial charge in [0.05, 0.1) is 25.5 Å². The zero-order valence-corrected chi connectivity index (χ0v) is 25.8. The maximum absolute atomic E-state index is 13.7. The van der Waals surface area contributed by atoms with E-state index in [1.807, 2.05) is 36.4 Å². The molecule has 12 heteroatoms. The van der Waals surface area contributed by atoms with Gasteiger partial charge < -0.3 is 29.3 Å². The summed E-state index contributed by atoms with van der Waals surface area (Å²) in [7, 11) is 0. The molecule has 2 aromatic rings. The minimum absolute atomic E-state index is 0.0313. The monoisotopic (exact) mass is 607 g/mol. The van der Waals surface area contributed by atoms with E-state index in [-0.39, 0.29) is 44.1 Å². The second kappa shape index (κ2) is 14.9. The van der Waals surface area contributed by atoms with Gasteiger partial charge >= 0.3 is 12.1 Å². The lowest BCUT2D eigenvalue weighted by Crippen LogP contribution is -2.56. The average molecular weight is 608 g/mol. The Kier molecular flexibility index (Phi) is 11.0. The van der Waals surface area contributed by atoms with Crippen molar-refractivity contribution in [3.63, 3.8) is 0 Å². The van der Waals surface area contributed by atoms with Crippen LogP contribution in [0, 0.1) is 0 Å². The Morgan fingerprint density at radius 2 is 1.73 bits per heavy atom. The molecular weight excluding hydrogens is 566 g/mol. The van der Waals surface area contributed by atoms with Gasteiger partial charge in [-0.3, -0.25) is 14.4 Å². The Morgan fingerprint density at radius 1 is 1.02 bits per heavy atom. The number of nitrogens with zero attached hydrogens (tertiary/aromatic N) is 4. The Balaban J connectivity index is 1.57. The molecule has 0 bridgehead atoms. The largest absolute Gasteiger partial charge is 0.460 e. The summed E-state index contributed by atoms with van der Waals surface area (Å²) in [5.41, 5.74) is 1.71. The average Bonchev–Trinajstić information content (AvgIpc) is 3.02. The summed E-state index contributed by atoms with van der Waals surface area (Å²) < 4.78 is 16.0. The van der Waals surface area contributed by atoms with Gasteiger partial charge in [0.25, 0.3) is 5.91 Å². The van der Waals surface area contributed by atoms with E-state index in [2.05, 4.69) is 10.3 Å². The van der Waals surface area contributed by atoms with Crippen molar-refractivity contribution in [2.45, 2.75) is 58.6 Å². The molecule has 1 saturated heterocycles. The lowest BCUT2D eigenvalue weighted by atomic mass is 10.1. The van der Waals surface area contributed by atoms with Crippen molar-refractivity contribution in [3.05, 3.63) is 53.9 Å². The number of hydrogen-bond donors (Lipinski definition) is 1. The highest BCUT2D eigenvalue weighted by atomic mass is 16.6. The van der Waals surface area contributed by atoms with E-state index in [0.29, 0.717) is 44.2 Å². The highest BCUT2D eigenvalue weighted by Gasteiger charge is 2.32. The summed E-state index contributed by atoms with van der Waals surface area (Å²) in [4.78, 5) is 64.6. The summed E-state index contributed by atoms with van der Waals surface area (Å²) in [6, 6.07) is 9.94. The highest BCUT2D eigenvalue weighted by Crippen LogP contribution is 2.24. The summed E-state index contributed by atoms with van der Waals surface area (Å²) in [6.45, 7) is 9.42. The third-order valence-electron chi connectivity index (χ3n) is 7.06. The molecule has 0 spiro atoms. The first kappa shape index (κ1) is 32.6. The molecule has 0 radical (unpaired) electrons. The van der Waals surface area contributed by atoms with Crippen molar-refractivity contribution in [1.29, 1.82) is 0 Å². The predicted octanol–water partition coefficient (Wildman–Crippen LogP) is 3.47. The van der Waals surface area contributed by atoms with Gasteiger partial charge in [0.2, 0.25) is 5.91 Å². The smallest absolute Gasteiger partial charge is 0.409 e. The van der Waals surface area contributed by atoms with Gasteiger partial charge in [-0.2, -0.15) is 0 Å². The van der Waals surface area contributed by atoms with Gasteiger partial charge in [-0.05, 0) is 52.2 Å². The quantitative estimate of drug-likeness (QED) is 0.424. The molecule has 1 N–H and O–H groups in total. The van der Waals surface area contributed by atoms with E-state index in [4.69, 9.17) is 19.2 Å². The zero-order chi connectivity index (χ0) is 31.7. The number of rotatable bonds is 9. The Morgan fingerprint density at radius 3 is 2.36 bits per heavy atom. The van der Waals surface area contributed by atoms with Crippen molar-refractivity contribution < 1.29 is 33.4 Å². The summed E-state index contributed by atoms with van der Waals surface area (Å²) in [6.07, 6.45) is 2.10. The van der Waals surface area contributed by atoms with Crippen LogP contribution < -0.4 is 5.32 Å². The fraction of sp³-hybridized carbons (Fsp3) is 0.500. The van der Waals surface area contributed by atoms with Crippen LogP contribution >= 0.6 is 0 Å². The first-order valence-corrected chi connectivity index (χ1v) is 15.0. The molecule has 1 aromatic heterocycles. The Bertz CT molecular complexity index is 1360. The van der Waals surface area contributed by atoms with Crippen molar-refractivity contribution >= 4 is 29.5 Å². The van der Waals surface area contributed by atoms with Gasteiger partial charge in [-0.15, -0.1) is 0 Å². The minimum atomic E-state index is -1.02. The number of benzene rings is 1. The molecule has 4 rings (SSSR count). The number of aromatic nitrogens is 2. The van der Waals surface area contributed by atoms with E-state index >= 15 is 0 Å². The van der Waals surface area contributed by atoms with E-state index in [0.717, 1.165) is 11.1 Å². The molecule has 1 atom stereocenters. The number of amides is 3. The second-order valence-electron chi connectivity index (χ2n) is 11.5. The topological polar surface area (TPSA) is 140 Å². The maximum Gasteiger partial charge on any atom is 0.409 e.